The van der Waals surface area contributed by atoms with Crippen molar-refractivity contribution in [2.75, 3.05) is 6.54 Å². The van der Waals surface area contributed by atoms with E-state index in [0.717, 1.165) is 5.56 Å². The van der Waals surface area contributed by atoms with Gasteiger partial charge >= 0.3 is 0 Å². The Hall–Kier alpha value is -1.42. The van der Waals surface area contributed by atoms with Crippen LogP contribution in [0.25, 0.3) is 0 Å². The van der Waals surface area contributed by atoms with Crippen LogP contribution in [0.2, 0.25) is 5.02 Å². The molecular weight excluding hydrogens is 277 g/mol. The normalized spacial score (nSPS) is 14.1. The van der Waals surface area contributed by atoms with E-state index in [4.69, 9.17) is 17.3 Å². The summed E-state index contributed by atoms with van der Waals surface area (Å²) in [5.74, 6) is -0.843. The topological polar surface area (TPSA) is 46.2 Å². The lowest BCUT2D eigenvalue weighted by atomic mass is 9.87. The molecule has 2 rings (SSSR count). The standard InChI is InChI=1S/C16H17ClFNO/c1-10-8-11(17)6-7-12(10)16(20)14(9-19)13-4-2-3-5-15(13)18/h2-8,14,16,20H,9,19H2,1H3. The van der Waals surface area contributed by atoms with Gasteiger partial charge in [-0.05, 0) is 41.8 Å². The van der Waals surface area contributed by atoms with Gasteiger partial charge in [0.05, 0.1) is 6.10 Å². The Balaban J connectivity index is 2.39. The van der Waals surface area contributed by atoms with Gasteiger partial charge in [0, 0.05) is 17.5 Å². The SMILES string of the molecule is Cc1cc(Cl)ccc1C(O)C(CN)c1ccccc1F. The van der Waals surface area contributed by atoms with Crippen LogP contribution in [0, 0.1) is 12.7 Å². The Morgan fingerprint density at radius 1 is 1.20 bits per heavy atom. The molecule has 0 spiro atoms. The second kappa shape index (κ2) is 6.35. The number of aliphatic hydroxyl groups is 1. The molecule has 0 aromatic heterocycles. The van der Waals surface area contributed by atoms with Gasteiger partial charge in [-0.1, -0.05) is 35.9 Å². The van der Waals surface area contributed by atoms with E-state index in [0.29, 0.717) is 16.1 Å². The van der Waals surface area contributed by atoms with E-state index in [9.17, 15) is 9.50 Å². The highest BCUT2D eigenvalue weighted by Crippen LogP contribution is 2.33. The number of hydrogen-bond acceptors (Lipinski definition) is 2. The molecule has 2 nitrogen and oxygen atoms in total. The molecule has 0 bridgehead atoms. The van der Waals surface area contributed by atoms with Crippen LogP contribution in [-0.2, 0) is 0 Å². The van der Waals surface area contributed by atoms with Crippen LogP contribution in [0.15, 0.2) is 42.5 Å². The first-order valence-electron chi connectivity index (χ1n) is 6.43. The predicted octanol–water partition coefficient (Wildman–Crippen LogP) is 3.56. The fourth-order valence-corrected chi connectivity index (χ4v) is 2.62. The lowest BCUT2D eigenvalue weighted by molar-refractivity contribution is 0.145. The zero-order valence-corrected chi connectivity index (χ0v) is 11.9. The number of halogens is 2. The van der Waals surface area contributed by atoms with Crippen LogP contribution in [0.5, 0.6) is 0 Å². The number of aliphatic hydroxyl groups excluding tert-OH is 1. The summed E-state index contributed by atoms with van der Waals surface area (Å²) in [4.78, 5) is 0. The monoisotopic (exact) mass is 293 g/mol. The molecule has 0 aliphatic rings. The number of rotatable bonds is 4. The highest BCUT2D eigenvalue weighted by molar-refractivity contribution is 6.30. The van der Waals surface area contributed by atoms with E-state index in [1.165, 1.54) is 6.07 Å². The molecule has 106 valence electrons. The molecule has 0 aliphatic heterocycles. The molecule has 0 amide bonds. The van der Waals surface area contributed by atoms with Gasteiger partial charge in [-0.2, -0.15) is 0 Å². The number of nitrogens with two attached hydrogens (primary N) is 1. The van der Waals surface area contributed by atoms with Gasteiger partial charge < -0.3 is 10.8 Å². The average molecular weight is 294 g/mol. The molecule has 4 heteroatoms. The molecule has 0 fully saturated rings. The molecule has 2 aromatic carbocycles. The molecule has 0 saturated heterocycles. The largest absolute Gasteiger partial charge is 0.388 e. The molecule has 2 unspecified atom stereocenters. The summed E-state index contributed by atoms with van der Waals surface area (Å²) < 4.78 is 13.9. The Morgan fingerprint density at radius 2 is 1.90 bits per heavy atom. The van der Waals surface area contributed by atoms with Gasteiger partial charge in [-0.3, -0.25) is 0 Å². The maximum Gasteiger partial charge on any atom is 0.126 e. The van der Waals surface area contributed by atoms with E-state index in [-0.39, 0.29) is 12.4 Å². The van der Waals surface area contributed by atoms with E-state index in [1.807, 2.05) is 6.92 Å². The van der Waals surface area contributed by atoms with Crippen molar-refractivity contribution in [3.63, 3.8) is 0 Å². The molecule has 2 aromatic rings. The summed E-state index contributed by atoms with van der Waals surface area (Å²) >= 11 is 5.91. The zero-order valence-electron chi connectivity index (χ0n) is 11.2. The smallest absolute Gasteiger partial charge is 0.126 e. The minimum Gasteiger partial charge on any atom is -0.388 e. The maximum absolute atomic E-state index is 13.9. The summed E-state index contributed by atoms with van der Waals surface area (Å²) in [5, 5.41) is 11.1. The molecule has 0 heterocycles. The van der Waals surface area contributed by atoms with Crippen LogP contribution >= 0.6 is 11.6 Å². The fourth-order valence-electron chi connectivity index (χ4n) is 2.39. The van der Waals surface area contributed by atoms with E-state index in [1.54, 1.807) is 36.4 Å². The van der Waals surface area contributed by atoms with Crippen molar-refractivity contribution >= 4 is 11.6 Å². The van der Waals surface area contributed by atoms with E-state index < -0.39 is 12.0 Å². The van der Waals surface area contributed by atoms with Crippen LogP contribution in [0.1, 0.15) is 28.7 Å². The summed E-state index contributed by atoms with van der Waals surface area (Å²) in [7, 11) is 0. The minimum atomic E-state index is -0.867. The number of hydrogen-bond donors (Lipinski definition) is 2. The highest BCUT2D eigenvalue weighted by Gasteiger charge is 2.25. The van der Waals surface area contributed by atoms with Crippen LogP contribution in [0.3, 0.4) is 0 Å². The molecule has 20 heavy (non-hydrogen) atoms. The molecular formula is C16H17ClFNO. The maximum atomic E-state index is 13.9. The summed E-state index contributed by atoms with van der Waals surface area (Å²) in [6.45, 7) is 2.02. The highest BCUT2D eigenvalue weighted by atomic mass is 35.5. The van der Waals surface area contributed by atoms with Crippen molar-refractivity contribution in [1.82, 2.24) is 0 Å². The lowest BCUT2D eigenvalue weighted by Gasteiger charge is -2.24. The first-order valence-corrected chi connectivity index (χ1v) is 6.81. The minimum absolute atomic E-state index is 0.157. The van der Waals surface area contributed by atoms with Crippen molar-refractivity contribution in [3.8, 4) is 0 Å². The fraction of sp³-hybridized carbons (Fsp3) is 0.250. The molecule has 0 radical (unpaired) electrons. The molecule has 0 aliphatic carbocycles. The number of aryl methyl sites for hydroxylation is 1. The Bertz CT molecular complexity index is 603. The zero-order chi connectivity index (χ0) is 14.7. The Labute approximate surface area is 123 Å². The first kappa shape index (κ1) is 15.0. The van der Waals surface area contributed by atoms with Crippen molar-refractivity contribution in [1.29, 1.82) is 0 Å². The second-order valence-corrected chi connectivity index (χ2v) is 5.25. The van der Waals surface area contributed by atoms with Crippen LogP contribution < -0.4 is 5.73 Å². The Morgan fingerprint density at radius 3 is 2.50 bits per heavy atom. The van der Waals surface area contributed by atoms with Crippen molar-refractivity contribution in [2.45, 2.75) is 18.9 Å². The quantitative estimate of drug-likeness (QED) is 0.905. The molecule has 0 saturated carbocycles. The second-order valence-electron chi connectivity index (χ2n) is 4.81. The first-order chi connectivity index (χ1) is 9.54. The predicted molar refractivity (Wildman–Crippen MR) is 79.3 cm³/mol. The van der Waals surface area contributed by atoms with Gasteiger partial charge in [-0.25, -0.2) is 4.39 Å². The molecule has 2 atom stereocenters. The van der Waals surface area contributed by atoms with E-state index in [2.05, 4.69) is 0 Å². The van der Waals surface area contributed by atoms with Gasteiger partial charge in [-0.15, -0.1) is 0 Å². The number of benzene rings is 2. The van der Waals surface area contributed by atoms with E-state index >= 15 is 0 Å². The average Bonchev–Trinajstić information content (AvgIpc) is 2.41. The van der Waals surface area contributed by atoms with Gasteiger partial charge in [0.25, 0.3) is 0 Å². The lowest BCUT2D eigenvalue weighted by Crippen LogP contribution is -2.21. The third-order valence-electron chi connectivity index (χ3n) is 3.49. The van der Waals surface area contributed by atoms with Gasteiger partial charge in [0.15, 0.2) is 0 Å². The van der Waals surface area contributed by atoms with Crippen LogP contribution in [0.4, 0.5) is 4.39 Å². The summed E-state index contributed by atoms with van der Waals surface area (Å²) in [5.41, 5.74) is 7.74. The van der Waals surface area contributed by atoms with Crippen molar-refractivity contribution < 1.29 is 9.50 Å². The van der Waals surface area contributed by atoms with Crippen LogP contribution in [-0.4, -0.2) is 11.7 Å². The summed E-state index contributed by atoms with van der Waals surface area (Å²) in [6.07, 6.45) is -0.867. The third kappa shape index (κ3) is 3.01. The Kier molecular flexibility index (Phi) is 4.76. The van der Waals surface area contributed by atoms with Gasteiger partial charge in [0.1, 0.15) is 5.82 Å². The van der Waals surface area contributed by atoms with Gasteiger partial charge in [0.2, 0.25) is 0 Å². The third-order valence-corrected chi connectivity index (χ3v) is 3.73. The van der Waals surface area contributed by atoms with Crippen molar-refractivity contribution in [2.24, 2.45) is 5.73 Å². The van der Waals surface area contributed by atoms with Crippen molar-refractivity contribution in [3.05, 3.63) is 70.0 Å². The molecule has 3 N–H and O–H groups in total. The summed E-state index contributed by atoms with van der Waals surface area (Å²) in [6, 6.07) is 11.6.